The van der Waals surface area contributed by atoms with Gasteiger partial charge in [0.05, 0.1) is 5.69 Å². The van der Waals surface area contributed by atoms with Gasteiger partial charge in [-0.2, -0.15) is 21.6 Å². The number of anilines is 1. The van der Waals surface area contributed by atoms with Gasteiger partial charge >= 0.3 is 15.5 Å². The van der Waals surface area contributed by atoms with Crippen LogP contribution in [-0.2, 0) is 10.0 Å². The average Bonchev–Trinajstić information content (AvgIpc) is 2.45. The molecular weight excluding hydrogens is 315 g/mol. The van der Waals surface area contributed by atoms with Crippen molar-refractivity contribution in [1.82, 2.24) is 0 Å². The second-order valence-corrected chi connectivity index (χ2v) is 5.92. The summed E-state index contributed by atoms with van der Waals surface area (Å²) in [5, 5.41) is 0. The van der Waals surface area contributed by atoms with Gasteiger partial charge in [0, 0.05) is 11.1 Å². The summed E-state index contributed by atoms with van der Waals surface area (Å²) in [5.74, 6) is 5.59. The van der Waals surface area contributed by atoms with Crippen LogP contribution in [0.15, 0.2) is 54.6 Å². The number of sulfonamides is 1. The molecule has 3 nitrogen and oxygen atoms in total. The van der Waals surface area contributed by atoms with Crippen LogP contribution in [0.3, 0.4) is 0 Å². The van der Waals surface area contributed by atoms with Gasteiger partial charge < -0.3 is 0 Å². The summed E-state index contributed by atoms with van der Waals surface area (Å²) in [6, 6.07) is 14.4. The molecule has 0 radical (unpaired) electrons. The number of benzene rings is 2. The van der Waals surface area contributed by atoms with Gasteiger partial charge in [-0.25, -0.2) is 0 Å². The molecule has 0 aliphatic heterocycles. The van der Waals surface area contributed by atoms with E-state index < -0.39 is 15.5 Å². The molecule has 0 unspecified atom stereocenters. The molecule has 114 valence electrons. The Bertz CT molecular complexity index is 819. The molecule has 0 aliphatic rings. The van der Waals surface area contributed by atoms with E-state index in [2.05, 4.69) is 11.8 Å². The highest BCUT2D eigenvalue weighted by molar-refractivity contribution is 7.93. The summed E-state index contributed by atoms with van der Waals surface area (Å²) in [4.78, 5) is 0. The van der Waals surface area contributed by atoms with E-state index in [9.17, 15) is 21.6 Å². The highest BCUT2D eigenvalue weighted by Gasteiger charge is 2.46. The molecule has 0 spiro atoms. The molecule has 2 aromatic carbocycles. The summed E-state index contributed by atoms with van der Waals surface area (Å²) < 4.78 is 60.5. The van der Waals surface area contributed by atoms with Gasteiger partial charge in [-0.05, 0) is 30.3 Å². The molecule has 0 heterocycles. The van der Waals surface area contributed by atoms with Gasteiger partial charge in [-0.15, -0.1) is 0 Å². The quantitative estimate of drug-likeness (QED) is 0.861. The van der Waals surface area contributed by atoms with Gasteiger partial charge in [-0.1, -0.05) is 36.1 Å². The Labute approximate surface area is 125 Å². The molecule has 7 heteroatoms. The number of hydrogen-bond acceptors (Lipinski definition) is 2. The highest BCUT2D eigenvalue weighted by Crippen LogP contribution is 2.25. The van der Waals surface area contributed by atoms with Crippen LogP contribution in [0.5, 0.6) is 0 Å². The summed E-state index contributed by atoms with van der Waals surface area (Å²) in [7, 11) is -5.43. The van der Waals surface area contributed by atoms with Crippen molar-refractivity contribution in [3.8, 4) is 11.8 Å². The van der Waals surface area contributed by atoms with E-state index in [4.69, 9.17) is 0 Å². The first kappa shape index (κ1) is 15.9. The Morgan fingerprint density at radius 3 is 2.09 bits per heavy atom. The predicted molar refractivity (Wildman–Crippen MR) is 77.5 cm³/mol. The molecular formula is C15H10F3NO2S. The van der Waals surface area contributed by atoms with Gasteiger partial charge in [0.1, 0.15) is 0 Å². The van der Waals surface area contributed by atoms with E-state index in [1.165, 1.54) is 22.9 Å². The zero-order chi connectivity index (χ0) is 16.2. The zero-order valence-electron chi connectivity index (χ0n) is 11.1. The highest BCUT2D eigenvalue weighted by atomic mass is 32.2. The van der Waals surface area contributed by atoms with Crippen LogP contribution in [0.2, 0.25) is 0 Å². The van der Waals surface area contributed by atoms with E-state index >= 15 is 0 Å². The fourth-order valence-electron chi connectivity index (χ4n) is 1.54. The third-order valence-electron chi connectivity index (χ3n) is 2.54. The van der Waals surface area contributed by atoms with Crippen LogP contribution in [0.25, 0.3) is 0 Å². The molecule has 0 fully saturated rings. The lowest BCUT2D eigenvalue weighted by molar-refractivity contribution is -0.0429. The molecule has 1 N–H and O–H groups in total. The average molecular weight is 325 g/mol. The first-order valence-corrected chi connectivity index (χ1v) is 7.52. The van der Waals surface area contributed by atoms with Crippen LogP contribution < -0.4 is 4.72 Å². The van der Waals surface area contributed by atoms with E-state index in [-0.39, 0.29) is 5.69 Å². The maximum Gasteiger partial charge on any atom is 0.516 e. The van der Waals surface area contributed by atoms with Crippen molar-refractivity contribution in [2.75, 3.05) is 4.72 Å². The summed E-state index contributed by atoms with van der Waals surface area (Å²) in [6.45, 7) is 0. The summed E-state index contributed by atoms with van der Waals surface area (Å²) >= 11 is 0. The summed E-state index contributed by atoms with van der Waals surface area (Å²) in [6.07, 6.45) is 0. The molecule has 2 rings (SSSR count). The molecule has 0 bridgehead atoms. The topological polar surface area (TPSA) is 46.2 Å². The predicted octanol–water partition coefficient (Wildman–Crippen LogP) is 3.35. The monoisotopic (exact) mass is 325 g/mol. The molecule has 0 saturated carbocycles. The Morgan fingerprint density at radius 2 is 1.45 bits per heavy atom. The van der Waals surface area contributed by atoms with Crippen molar-refractivity contribution in [1.29, 1.82) is 0 Å². The van der Waals surface area contributed by atoms with Crippen LogP contribution >= 0.6 is 0 Å². The van der Waals surface area contributed by atoms with Crippen LogP contribution in [0, 0.1) is 11.8 Å². The van der Waals surface area contributed by atoms with Crippen molar-refractivity contribution >= 4 is 15.7 Å². The normalized spacial score (nSPS) is 11.4. The maximum atomic E-state index is 12.3. The van der Waals surface area contributed by atoms with Gasteiger partial charge in [0.2, 0.25) is 0 Å². The largest absolute Gasteiger partial charge is 0.516 e. The molecule has 0 amide bonds. The Balaban J connectivity index is 2.24. The van der Waals surface area contributed by atoms with Crippen molar-refractivity contribution in [3.63, 3.8) is 0 Å². The Morgan fingerprint density at radius 1 is 0.864 bits per heavy atom. The van der Waals surface area contributed by atoms with E-state index in [1.54, 1.807) is 30.3 Å². The lowest BCUT2D eigenvalue weighted by atomic mass is 10.2. The Hall–Kier alpha value is -2.46. The molecule has 22 heavy (non-hydrogen) atoms. The van der Waals surface area contributed by atoms with E-state index in [0.29, 0.717) is 5.56 Å². The zero-order valence-corrected chi connectivity index (χ0v) is 11.9. The number of nitrogens with one attached hydrogen (secondary N) is 1. The fourth-order valence-corrected chi connectivity index (χ4v) is 2.09. The lowest BCUT2D eigenvalue weighted by Gasteiger charge is -2.10. The summed E-state index contributed by atoms with van der Waals surface area (Å²) in [5.41, 5.74) is -4.43. The fraction of sp³-hybridized carbons (Fsp3) is 0.0667. The van der Waals surface area contributed by atoms with Gasteiger partial charge in [-0.3, -0.25) is 4.72 Å². The van der Waals surface area contributed by atoms with E-state index in [0.717, 1.165) is 5.56 Å². The number of hydrogen-bond donors (Lipinski definition) is 1. The standard InChI is InChI=1S/C15H10F3NO2S/c16-15(17,18)22(20,21)19-14-8-4-7-13(11-14)10-9-12-5-2-1-3-6-12/h1-8,11,19H. The molecule has 0 saturated heterocycles. The third kappa shape index (κ3) is 4.02. The minimum Gasteiger partial charge on any atom is -0.276 e. The Kier molecular flexibility index (Phi) is 4.43. The van der Waals surface area contributed by atoms with Crippen molar-refractivity contribution in [2.24, 2.45) is 0 Å². The lowest BCUT2D eigenvalue weighted by Crippen LogP contribution is -2.29. The molecule has 2 aromatic rings. The van der Waals surface area contributed by atoms with Crippen LogP contribution in [0.1, 0.15) is 11.1 Å². The van der Waals surface area contributed by atoms with Crippen LogP contribution in [0.4, 0.5) is 18.9 Å². The first-order chi connectivity index (χ1) is 10.3. The van der Waals surface area contributed by atoms with Crippen molar-refractivity contribution in [3.05, 3.63) is 65.7 Å². The second-order valence-electron chi connectivity index (χ2n) is 4.25. The molecule has 0 aromatic heterocycles. The van der Waals surface area contributed by atoms with Gasteiger partial charge in [0.25, 0.3) is 0 Å². The van der Waals surface area contributed by atoms with E-state index in [1.807, 2.05) is 6.07 Å². The number of rotatable bonds is 2. The minimum absolute atomic E-state index is 0.197. The van der Waals surface area contributed by atoms with Crippen molar-refractivity contribution < 1.29 is 21.6 Å². The smallest absolute Gasteiger partial charge is 0.276 e. The van der Waals surface area contributed by atoms with Crippen LogP contribution in [-0.4, -0.2) is 13.9 Å². The minimum atomic E-state index is -5.43. The maximum absolute atomic E-state index is 12.3. The van der Waals surface area contributed by atoms with Gasteiger partial charge in [0.15, 0.2) is 0 Å². The second kappa shape index (κ2) is 6.12. The molecule has 0 aliphatic carbocycles. The SMILES string of the molecule is O=S(=O)(Nc1cccc(C#Cc2ccccc2)c1)C(F)(F)F. The first-order valence-electron chi connectivity index (χ1n) is 6.04. The molecule has 0 atom stereocenters. The third-order valence-corrected chi connectivity index (χ3v) is 3.66. The number of alkyl halides is 3. The van der Waals surface area contributed by atoms with Crippen molar-refractivity contribution in [2.45, 2.75) is 5.51 Å². The number of halogens is 3.